The van der Waals surface area contributed by atoms with E-state index in [0.717, 1.165) is 81.7 Å². The number of nitrogens with two attached hydrogens (primary N) is 12. The van der Waals surface area contributed by atoms with Gasteiger partial charge in [-0.05, 0) is 78.6 Å². The van der Waals surface area contributed by atoms with Crippen LogP contribution in [0, 0.1) is 34.6 Å². The second kappa shape index (κ2) is 9.28. The molecule has 0 saturated carbocycles. The number of rotatable bonds is 0. The topological polar surface area (TPSA) is 312 Å². The van der Waals surface area contributed by atoms with Gasteiger partial charge in [-0.25, -0.2) is 0 Å². The summed E-state index contributed by atoms with van der Waals surface area (Å²) < 4.78 is 0. The second-order valence-corrected chi connectivity index (χ2v) is 15.1. The molecule has 0 aliphatic carbocycles. The van der Waals surface area contributed by atoms with Crippen LogP contribution in [0.25, 0.3) is 86.2 Å². The zero-order chi connectivity index (χ0) is 37.6. The van der Waals surface area contributed by atoms with E-state index in [1.165, 1.54) is 0 Å². The van der Waals surface area contributed by atoms with Gasteiger partial charge in [0.05, 0.1) is 56.9 Å². The van der Waals surface area contributed by atoms with Gasteiger partial charge in [-0.1, -0.05) is 0 Å². The summed E-state index contributed by atoms with van der Waals surface area (Å²) in [5.41, 5.74) is 91.6. The lowest BCUT2D eigenvalue weighted by Gasteiger charge is -2.30. The van der Waals surface area contributed by atoms with Crippen LogP contribution in [0.1, 0.15) is 27.8 Å². The van der Waals surface area contributed by atoms with Crippen molar-refractivity contribution in [3.05, 3.63) is 27.8 Å². The minimum atomic E-state index is 0.161. The van der Waals surface area contributed by atoms with Crippen molar-refractivity contribution in [1.29, 1.82) is 0 Å². The Hall–Kier alpha value is -6.39. The van der Waals surface area contributed by atoms with Gasteiger partial charge < -0.3 is 68.8 Å². The number of anilines is 12. The van der Waals surface area contributed by atoms with Crippen LogP contribution in [-0.4, -0.2) is 0 Å². The molecule has 0 aliphatic rings. The van der Waals surface area contributed by atoms with Crippen LogP contribution < -0.4 is 74.1 Å². The lowest BCUT2D eigenvalue weighted by Crippen LogP contribution is -2.13. The van der Waals surface area contributed by atoms with E-state index in [9.17, 15) is 0 Å². The van der Waals surface area contributed by atoms with Crippen LogP contribution in [0.4, 0.5) is 68.2 Å². The van der Waals surface area contributed by atoms with Crippen molar-refractivity contribution in [1.82, 2.24) is 0 Å². The van der Waals surface area contributed by atoms with Crippen molar-refractivity contribution in [2.45, 2.75) is 34.6 Å². The molecule has 0 heterocycles. The Bertz CT molecular complexity index is 3020. The van der Waals surface area contributed by atoms with Crippen LogP contribution in [-0.2, 0) is 0 Å². The Morgan fingerprint density at radius 3 is 0.981 bits per heavy atom. The third kappa shape index (κ3) is 3.03. The van der Waals surface area contributed by atoms with Crippen LogP contribution in [0.2, 0.25) is 0 Å². The normalized spacial score (nSPS) is 12.6. The molecule has 9 aromatic rings. The molecule has 0 fully saturated rings. The molecule has 0 aliphatic heterocycles. The monoisotopic (exact) mass is 708 g/mol. The maximum atomic E-state index is 7.27. The lowest BCUT2D eigenvalue weighted by atomic mass is 9.76. The van der Waals surface area contributed by atoms with E-state index in [-0.39, 0.29) is 28.4 Å². The Morgan fingerprint density at radius 2 is 0.481 bits per heavy atom. The third-order valence-electron chi connectivity index (χ3n) is 12.4. The van der Waals surface area contributed by atoms with E-state index in [1.54, 1.807) is 0 Å². The summed E-state index contributed by atoms with van der Waals surface area (Å²) in [4.78, 5) is 0. The number of benzene rings is 9. The fourth-order valence-electron chi connectivity index (χ4n) is 9.42. The molecule has 0 spiro atoms. The van der Waals surface area contributed by atoms with Crippen LogP contribution in [0.5, 0.6) is 0 Å². The predicted molar refractivity (Wildman–Crippen MR) is 235 cm³/mol. The summed E-state index contributed by atoms with van der Waals surface area (Å²) in [6.45, 7) is 10.1. The maximum absolute atomic E-state index is 7.27. The zero-order valence-corrected chi connectivity index (χ0v) is 30.7. The molecule has 9 aromatic carbocycles. The largest absolute Gasteiger partial charge is 0.398 e. The first-order valence-electron chi connectivity index (χ1n) is 16.8. The lowest BCUT2D eigenvalue weighted by molar-refractivity contribution is 1.38. The van der Waals surface area contributed by atoms with Crippen molar-refractivity contribution in [3.8, 4) is 0 Å². The van der Waals surface area contributed by atoms with E-state index < -0.39 is 0 Å². The Labute approximate surface area is 299 Å². The first-order chi connectivity index (χ1) is 24.4. The number of hydrogen-bond donors (Lipinski definition) is 12. The van der Waals surface area contributed by atoms with Crippen molar-refractivity contribution in [3.63, 3.8) is 0 Å². The minimum Gasteiger partial charge on any atom is -0.398 e. The van der Waals surface area contributed by atoms with E-state index in [4.69, 9.17) is 68.8 Å². The maximum Gasteiger partial charge on any atom is 0.0795 e. The molecule has 0 amide bonds. The molecular weight excluding hydrogens is 667 g/mol. The summed E-state index contributed by atoms with van der Waals surface area (Å²) >= 11 is 0. The van der Waals surface area contributed by atoms with Gasteiger partial charge >= 0.3 is 0 Å². The zero-order valence-electron chi connectivity index (χ0n) is 29.5. The molecule has 0 aromatic heterocycles. The molecule has 1 atom stereocenters. The van der Waals surface area contributed by atoms with Crippen LogP contribution in [0.3, 0.4) is 0 Å². The van der Waals surface area contributed by atoms with Gasteiger partial charge in [-0.3, -0.25) is 0 Å². The van der Waals surface area contributed by atoms with Crippen LogP contribution in [0.15, 0.2) is 0 Å². The fraction of sp³-hybridized carbons (Fsp3) is 0.128. The average Bonchev–Trinajstić information content (AvgIpc) is 3.11. The first kappa shape index (κ1) is 31.6. The van der Waals surface area contributed by atoms with Gasteiger partial charge in [0.1, 0.15) is 0 Å². The highest BCUT2D eigenvalue weighted by Crippen LogP contribution is 2.60. The van der Waals surface area contributed by atoms with Crippen molar-refractivity contribution in [2.75, 3.05) is 68.8 Å². The quantitative estimate of drug-likeness (QED) is 0.0384. The molecule has 0 radical (unpaired) electrons. The summed E-state index contributed by atoms with van der Waals surface area (Å²) in [6, 6.07) is 0. The number of nitrogen functional groups attached to an aromatic ring is 12. The highest BCUT2D eigenvalue weighted by Gasteiger charge is 2.33. The van der Waals surface area contributed by atoms with Gasteiger partial charge in [0.2, 0.25) is 0 Å². The SMILES string of the molecule is Cc1c(N)c2c(N)c(N)c(N)c3c2c(c1C)c1c(C)c(C)c(N)c2c4c(C)c(N)c(N)c5c6c(N)c(N)c(N)c7c(N)c(N)c(P)c(c76)c(c54)c3c12. The van der Waals surface area contributed by atoms with E-state index in [1.807, 2.05) is 20.8 Å². The molecule has 13 heteroatoms. The Balaban J connectivity index is 1.92. The number of aryl methyl sites for hydroxylation is 3. The van der Waals surface area contributed by atoms with Gasteiger partial charge in [-0.2, -0.15) is 0 Å². The molecule has 0 saturated heterocycles. The molecule has 12 nitrogen and oxygen atoms in total. The molecular formula is C39H41N12P. The number of fused-ring (bicyclic) bond motifs is 6. The average molecular weight is 709 g/mol. The van der Waals surface area contributed by atoms with Crippen LogP contribution >= 0.6 is 9.24 Å². The number of hydrogen-bond acceptors (Lipinski definition) is 12. The van der Waals surface area contributed by atoms with Gasteiger partial charge in [0.25, 0.3) is 0 Å². The van der Waals surface area contributed by atoms with Crippen molar-refractivity contribution < 1.29 is 0 Å². The summed E-state index contributed by atoms with van der Waals surface area (Å²) in [5.74, 6) is 0. The van der Waals surface area contributed by atoms with E-state index in [0.29, 0.717) is 77.4 Å². The first-order valence-corrected chi connectivity index (χ1v) is 17.3. The summed E-state index contributed by atoms with van der Waals surface area (Å²) in [7, 11) is 2.79. The van der Waals surface area contributed by atoms with E-state index in [2.05, 4.69) is 23.1 Å². The highest BCUT2D eigenvalue weighted by atomic mass is 31.0. The minimum absolute atomic E-state index is 0.161. The fourth-order valence-corrected chi connectivity index (χ4v) is 9.86. The Kier molecular flexibility index (Phi) is 5.64. The summed E-state index contributed by atoms with van der Waals surface area (Å²) in [6.07, 6.45) is 0. The summed E-state index contributed by atoms with van der Waals surface area (Å²) in [5, 5.41) is 12.5. The van der Waals surface area contributed by atoms with Gasteiger partial charge in [0, 0.05) is 86.7 Å². The van der Waals surface area contributed by atoms with Gasteiger partial charge in [-0.15, -0.1) is 9.24 Å². The molecule has 0 bridgehead atoms. The predicted octanol–water partition coefficient (Wildman–Crippen LogP) is 5.82. The molecule has 52 heavy (non-hydrogen) atoms. The highest BCUT2D eigenvalue weighted by molar-refractivity contribution is 7.29. The molecule has 262 valence electrons. The molecule has 1 unspecified atom stereocenters. The molecule has 9 rings (SSSR count). The molecule has 24 N–H and O–H groups in total. The van der Waals surface area contributed by atoms with Gasteiger partial charge in [0.15, 0.2) is 0 Å². The van der Waals surface area contributed by atoms with E-state index >= 15 is 0 Å². The van der Waals surface area contributed by atoms with Crippen molar-refractivity contribution >= 4 is 169 Å². The van der Waals surface area contributed by atoms with Crippen molar-refractivity contribution in [2.24, 2.45) is 0 Å². The second-order valence-electron chi connectivity index (χ2n) is 14.5. The third-order valence-corrected chi connectivity index (χ3v) is 13.0. The Morgan fingerprint density at radius 1 is 0.212 bits per heavy atom. The smallest absolute Gasteiger partial charge is 0.0795 e. The standard InChI is InChI=1S/C39H41N12P/c1-6-8(3)27(40)20-13-10(5)29(42)30(43)22-15(13)18(24-19-23(22)32(45)37(50)34(47)26(19)35(48)38(51)39(24)52)17-14(20)11(6)12-7(2)9(4)28(41)25-16(12)21(17)31(44)36(49)33(25)46/h40-52H2,1-5H3.